The second-order valence-corrected chi connectivity index (χ2v) is 5.50. The van der Waals surface area contributed by atoms with Crippen LogP contribution in [0.3, 0.4) is 0 Å². The van der Waals surface area contributed by atoms with Crippen LogP contribution in [0.1, 0.15) is 15.2 Å². The Morgan fingerprint density at radius 2 is 1.95 bits per heavy atom. The molecule has 0 unspecified atom stereocenters. The average Bonchev–Trinajstić information content (AvgIpc) is 2.93. The highest BCUT2D eigenvalue weighted by atomic mass is 35.5. The predicted molar refractivity (Wildman–Crippen MR) is 78.9 cm³/mol. The minimum Gasteiger partial charge on any atom is -0.482 e. The van der Waals surface area contributed by atoms with Gasteiger partial charge < -0.3 is 10.5 Å². The minimum absolute atomic E-state index is 0.0790. The Morgan fingerprint density at radius 1 is 1.20 bits per heavy atom. The Balaban J connectivity index is 2.31. The summed E-state index contributed by atoms with van der Waals surface area (Å²) in [4.78, 5) is 23.4. The maximum Gasteiger partial charge on any atom is 0.255 e. The Labute approximate surface area is 129 Å². The molecule has 4 nitrogen and oxygen atoms in total. The number of halogens is 2. The lowest BCUT2D eigenvalue weighted by molar-refractivity contribution is -0.119. The highest BCUT2D eigenvalue weighted by Crippen LogP contribution is 2.36. The number of hydrogen-bond acceptors (Lipinski definition) is 4. The van der Waals surface area contributed by atoms with Crippen LogP contribution in [-0.2, 0) is 4.79 Å². The van der Waals surface area contributed by atoms with Gasteiger partial charge in [-0.15, -0.1) is 11.3 Å². The molecule has 0 aliphatic rings. The van der Waals surface area contributed by atoms with Crippen molar-refractivity contribution in [1.82, 2.24) is 0 Å². The number of ether oxygens (including phenoxy) is 1. The molecule has 2 rings (SSSR count). The molecule has 1 heterocycles. The monoisotopic (exact) mass is 329 g/mol. The lowest BCUT2D eigenvalue weighted by Gasteiger charge is -2.10. The molecule has 1 amide bonds. The molecule has 2 N–H and O–H groups in total. The molecule has 1 aromatic carbocycles. The Hall–Kier alpha value is -1.56. The zero-order valence-electron chi connectivity index (χ0n) is 10.1. The summed E-state index contributed by atoms with van der Waals surface area (Å²) < 4.78 is 5.10. The summed E-state index contributed by atoms with van der Waals surface area (Å²) >= 11 is 13.4. The molecule has 0 fully saturated rings. The summed E-state index contributed by atoms with van der Waals surface area (Å²) in [5.41, 5.74) is 5.26. The maximum atomic E-state index is 12.2. The zero-order valence-corrected chi connectivity index (χ0v) is 12.4. The number of hydrogen-bond donors (Lipinski definition) is 1. The van der Waals surface area contributed by atoms with Crippen LogP contribution in [0.25, 0.3) is 0 Å². The van der Waals surface area contributed by atoms with Crippen LogP contribution >= 0.6 is 34.5 Å². The maximum absolute atomic E-state index is 12.2. The van der Waals surface area contributed by atoms with Gasteiger partial charge in [-0.1, -0.05) is 29.3 Å². The zero-order chi connectivity index (χ0) is 14.7. The van der Waals surface area contributed by atoms with E-state index in [2.05, 4.69) is 0 Å². The van der Waals surface area contributed by atoms with E-state index in [9.17, 15) is 9.59 Å². The van der Waals surface area contributed by atoms with Gasteiger partial charge in [-0.2, -0.15) is 0 Å². The first-order valence-corrected chi connectivity index (χ1v) is 7.11. The summed E-state index contributed by atoms with van der Waals surface area (Å²) in [7, 11) is 0. The number of rotatable bonds is 5. The van der Waals surface area contributed by atoms with Crippen LogP contribution in [0.2, 0.25) is 10.0 Å². The van der Waals surface area contributed by atoms with Crippen molar-refractivity contribution >= 4 is 46.2 Å². The molecule has 0 saturated carbocycles. The number of amides is 1. The fourth-order valence-corrected chi connectivity index (χ4v) is 2.65. The first-order valence-electron chi connectivity index (χ1n) is 5.48. The summed E-state index contributed by atoms with van der Waals surface area (Å²) in [6.07, 6.45) is 0. The van der Waals surface area contributed by atoms with Crippen molar-refractivity contribution in [3.8, 4) is 5.75 Å². The van der Waals surface area contributed by atoms with Crippen molar-refractivity contribution in [1.29, 1.82) is 0 Å². The van der Waals surface area contributed by atoms with Crippen LogP contribution in [0.5, 0.6) is 5.75 Å². The number of carbonyl (C=O) groups excluding carboxylic acids is 2. The van der Waals surface area contributed by atoms with E-state index in [1.54, 1.807) is 17.5 Å². The highest BCUT2D eigenvalue weighted by Gasteiger charge is 2.18. The molecule has 0 bridgehead atoms. The third-order valence-corrected chi connectivity index (χ3v) is 4.14. The molecule has 2 aromatic rings. The molecule has 0 radical (unpaired) electrons. The van der Waals surface area contributed by atoms with Gasteiger partial charge in [-0.05, 0) is 23.6 Å². The predicted octanol–water partition coefficient (Wildman–Crippen LogP) is 3.15. The number of nitrogens with two attached hydrogens (primary N) is 1. The topological polar surface area (TPSA) is 69.4 Å². The van der Waals surface area contributed by atoms with E-state index < -0.39 is 5.91 Å². The van der Waals surface area contributed by atoms with Gasteiger partial charge in [0.15, 0.2) is 6.61 Å². The SMILES string of the molecule is NC(=O)COc1ccc(C(=O)c2cccs2)c(Cl)c1Cl. The molecule has 0 spiro atoms. The average molecular weight is 330 g/mol. The van der Waals surface area contributed by atoms with Crippen LogP contribution in [0.15, 0.2) is 29.6 Å². The number of primary amides is 1. The molecule has 1 aromatic heterocycles. The lowest BCUT2D eigenvalue weighted by Crippen LogP contribution is -2.20. The molecule has 0 saturated heterocycles. The molecule has 0 atom stereocenters. The van der Waals surface area contributed by atoms with Crippen LogP contribution in [0.4, 0.5) is 0 Å². The standard InChI is InChI=1S/C13H9Cl2NO3S/c14-11-7(13(18)9-2-1-5-20-9)3-4-8(12(11)15)19-6-10(16)17/h1-5H,6H2,(H2,16,17). The van der Waals surface area contributed by atoms with Crippen LogP contribution < -0.4 is 10.5 Å². The quantitative estimate of drug-likeness (QED) is 0.856. The van der Waals surface area contributed by atoms with Gasteiger partial charge in [0.2, 0.25) is 5.78 Å². The molecular formula is C13H9Cl2NO3S. The van der Waals surface area contributed by atoms with Crippen LogP contribution in [0, 0.1) is 0 Å². The smallest absolute Gasteiger partial charge is 0.255 e. The normalized spacial score (nSPS) is 10.3. The second-order valence-electron chi connectivity index (χ2n) is 3.80. The number of ketones is 1. The van der Waals surface area contributed by atoms with E-state index >= 15 is 0 Å². The minimum atomic E-state index is -0.629. The Kier molecular flexibility index (Phi) is 4.65. The fourth-order valence-electron chi connectivity index (χ4n) is 1.51. The van der Waals surface area contributed by atoms with Crippen LogP contribution in [-0.4, -0.2) is 18.3 Å². The number of carbonyl (C=O) groups is 2. The fraction of sp³-hybridized carbons (Fsp3) is 0.0769. The summed E-state index contributed by atoms with van der Waals surface area (Å²) in [6.45, 7) is -0.311. The molecule has 104 valence electrons. The van der Waals surface area contributed by atoms with Crippen molar-refractivity contribution < 1.29 is 14.3 Å². The summed E-state index contributed by atoms with van der Waals surface area (Å²) in [5.74, 6) is -0.637. The first-order chi connectivity index (χ1) is 9.50. The van der Waals surface area contributed by atoms with E-state index in [0.29, 0.717) is 4.88 Å². The third-order valence-electron chi connectivity index (χ3n) is 2.41. The van der Waals surface area contributed by atoms with E-state index in [1.165, 1.54) is 23.5 Å². The number of benzene rings is 1. The molecule has 0 aliphatic carbocycles. The lowest BCUT2D eigenvalue weighted by atomic mass is 10.1. The molecule has 0 aliphatic heterocycles. The van der Waals surface area contributed by atoms with E-state index in [-0.39, 0.29) is 33.7 Å². The van der Waals surface area contributed by atoms with E-state index in [4.69, 9.17) is 33.7 Å². The van der Waals surface area contributed by atoms with Gasteiger partial charge >= 0.3 is 0 Å². The molecule has 7 heteroatoms. The van der Waals surface area contributed by atoms with Crippen molar-refractivity contribution in [2.24, 2.45) is 5.73 Å². The van der Waals surface area contributed by atoms with Crippen molar-refractivity contribution in [3.05, 3.63) is 50.1 Å². The molecular weight excluding hydrogens is 321 g/mol. The van der Waals surface area contributed by atoms with E-state index in [0.717, 1.165) is 0 Å². The molecule has 20 heavy (non-hydrogen) atoms. The summed E-state index contributed by atoms with van der Waals surface area (Å²) in [6, 6.07) is 6.47. The second kappa shape index (κ2) is 6.26. The van der Waals surface area contributed by atoms with Gasteiger partial charge in [0.05, 0.1) is 9.90 Å². The third kappa shape index (κ3) is 3.12. The Morgan fingerprint density at radius 3 is 2.55 bits per heavy atom. The van der Waals surface area contributed by atoms with Gasteiger partial charge in [0.1, 0.15) is 10.8 Å². The van der Waals surface area contributed by atoms with Crippen molar-refractivity contribution in [2.75, 3.05) is 6.61 Å². The Bertz CT molecular complexity index is 656. The highest BCUT2D eigenvalue weighted by molar-refractivity contribution is 7.12. The largest absolute Gasteiger partial charge is 0.482 e. The van der Waals surface area contributed by atoms with Crippen molar-refractivity contribution in [2.45, 2.75) is 0 Å². The van der Waals surface area contributed by atoms with Gasteiger partial charge in [0.25, 0.3) is 5.91 Å². The van der Waals surface area contributed by atoms with Gasteiger partial charge in [0, 0.05) is 5.56 Å². The number of thiophene rings is 1. The van der Waals surface area contributed by atoms with Crippen molar-refractivity contribution in [3.63, 3.8) is 0 Å². The van der Waals surface area contributed by atoms with E-state index in [1.807, 2.05) is 0 Å². The van der Waals surface area contributed by atoms with Gasteiger partial charge in [-0.25, -0.2) is 0 Å². The first kappa shape index (κ1) is 14.8. The van der Waals surface area contributed by atoms with Gasteiger partial charge in [-0.3, -0.25) is 9.59 Å². The summed E-state index contributed by atoms with van der Waals surface area (Å²) in [5, 5.41) is 1.97.